The maximum Gasteiger partial charge on any atom is 0.251 e. The van der Waals surface area contributed by atoms with Crippen molar-refractivity contribution in [2.24, 2.45) is 0 Å². The van der Waals surface area contributed by atoms with E-state index in [0.717, 1.165) is 18.5 Å². The number of hydrogen-bond acceptors (Lipinski definition) is 3. The van der Waals surface area contributed by atoms with Crippen LogP contribution in [0.2, 0.25) is 5.02 Å². The van der Waals surface area contributed by atoms with Gasteiger partial charge in [0.05, 0.1) is 0 Å². The second kappa shape index (κ2) is 9.60. The Morgan fingerprint density at radius 2 is 1.92 bits per heavy atom. The number of likely N-dealkylation sites (tertiary alicyclic amines) is 1. The number of halogens is 1. The van der Waals surface area contributed by atoms with E-state index in [4.69, 9.17) is 16.3 Å². The number of nitrogens with one attached hydrogen (secondary N) is 1. The topological polar surface area (TPSA) is 41.6 Å². The zero-order chi connectivity index (χ0) is 18.2. The number of benzene rings is 2. The molecule has 26 heavy (non-hydrogen) atoms. The molecular formula is C21H25ClN2O2. The minimum Gasteiger partial charge on any atom is -0.489 e. The summed E-state index contributed by atoms with van der Waals surface area (Å²) >= 11 is 6.14. The number of amides is 1. The molecule has 1 heterocycles. The largest absolute Gasteiger partial charge is 0.489 e. The second-order valence-corrected chi connectivity index (χ2v) is 6.97. The van der Waals surface area contributed by atoms with Crippen LogP contribution in [0.15, 0.2) is 48.5 Å². The maximum absolute atomic E-state index is 12.3. The fourth-order valence-corrected chi connectivity index (χ4v) is 3.31. The number of rotatable bonds is 8. The third-order valence-electron chi connectivity index (χ3n) is 4.58. The number of hydrogen-bond donors (Lipinski definition) is 1. The van der Waals surface area contributed by atoms with Gasteiger partial charge in [-0.1, -0.05) is 35.9 Å². The molecule has 3 rings (SSSR count). The van der Waals surface area contributed by atoms with Gasteiger partial charge in [-0.15, -0.1) is 0 Å². The third-order valence-corrected chi connectivity index (χ3v) is 4.95. The molecule has 2 aromatic carbocycles. The van der Waals surface area contributed by atoms with E-state index in [0.29, 0.717) is 29.5 Å². The third kappa shape index (κ3) is 5.48. The van der Waals surface area contributed by atoms with E-state index in [1.807, 2.05) is 36.4 Å². The molecule has 0 atom stereocenters. The summed E-state index contributed by atoms with van der Waals surface area (Å²) in [6.45, 7) is 4.51. The lowest BCUT2D eigenvalue weighted by Gasteiger charge is -2.14. The zero-order valence-corrected chi connectivity index (χ0v) is 15.7. The van der Waals surface area contributed by atoms with Crippen molar-refractivity contribution < 1.29 is 9.53 Å². The predicted molar refractivity (Wildman–Crippen MR) is 105 cm³/mol. The molecule has 0 aromatic heterocycles. The molecule has 1 amide bonds. The van der Waals surface area contributed by atoms with Crippen LogP contribution in [0.25, 0.3) is 0 Å². The monoisotopic (exact) mass is 372 g/mol. The Hall–Kier alpha value is -2.04. The quantitative estimate of drug-likeness (QED) is 0.708. The van der Waals surface area contributed by atoms with Crippen molar-refractivity contribution in [3.8, 4) is 5.75 Å². The van der Waals surface area contributed by atoms with Gasteiger partial charge in [-0.05, 0) is 63.2 Å². The Morgan fingerprint density at radius 1 is 1.12 bits per heavy atom. The van der Waals surface area contributed by atoms with E-state index in [2.05, 4.69) is 10.2 Å². The summed E-state index contributed by atoms with van der Waals surface area (Å²) in [5.74, 6) is 0.601. The van der Waals surface area contributed by atoms with Crippen molar-refractivity contribution in [1.82, 2.24) is 10.2 Å². The van der Waals surface area contributed by atoms with Crippen LogP contribution in [0.1, 0.15) is 35.2 Å². The van der Waals surface area contributed by atoms with E-state index < -0.39 is 0 Å². The standard InChI is InChI=1S/C21H25ClN2O2/c22-20-10-2-1-7-18(20)16-26-19-9-5-8-17(15-19)21(25)23-11-6-14-24-12-3-4-13-24/h1-2,5,7-10,15H,3-4,6,11-14,16H2,(H,23,25). The van der Waals surface area contributed by atoms with Gasteiger partial charge in [0, 0.05) is 22.7 Å². The summed E-state index contributed by atoms with van der Waals surface area (Å²) in [5, 5.41) is 3.67. The van der Waals surface area contributed by atoms with Gasteiger partial charge >= 0.3 is 0 Å². The molecule has 1 aliphatic heterocycles. The highest BCUT2D eigenvalue weighted by Crippen LogP contribution is 2.19. The van der Waals surface area contributed by atoms with Crippen molar-refractivity contribution >= 4 is 17.5 Å². The first kappa shape index (κ1) is 18.7. The normalized spacial score (nSPS) is 14.3. The first-order valence-corrected chi connectivity index (χ1v) is 9.57. The first-order chi connectivity index (χ1) is 12.7. The second-order valence-electron chi connectivity index (χ2n) is 6.57. The average Bonchev–Trinajstić information content (AvgIpc) is 3.18. The molecule has 1 fully saturated rings. The van der Waals surface area contributed by atoms with Gasteiger partial charge in [0.2, 0.25) is 0 Å². The Morgan fingerprint density at radius 3 is 2.73 bits per heavy atom. The lowest BCUT2D eigenvalue weighted by atomic mass is 10.2. The Kier molecular flexibility index (Phi) is 6.92. The number of carbonyl (C=O) groups excluding carboxylic acids is 1. The van der Waals surface area contributed by atoms with E-state index >= 15 is 0 Å². The van der Waals surface area contributed by atoms with Crippen LogP contribution in [0.5, 0.6) is 5.75 Å². The van der Waals surface area contributed by atoms with Gasteiger partial charge in [-0.25, -0.2) is 0 Å². The number of nitrogens with zero attached hydrogens (tertiary/aromatic N) is 1. The zero-order valence-electron chi connectivity index (χ0n) is 14.9. The van der Waals surface area contributed by atoms with E-state index in [-0.39, 0.29) is 5.91 Å². The minimum atomic E-state index is -0.0605. The fraction of sp³-hybridized carbons (Fsp3) is 0.381. The van der Waals surface area contributed by atoms with Gasteiger partial charge < -0.3 is 15.0 Å². The number of ether oxygens (including phenoxy) is 1. The van der Waals surface area contributed by atoms with Crippen LogP contribution in [-0.2, 0) is 6.61 Å². The molecule has 5 heteroatoms. The predicted octanol–water partition coefficient (Wildman–Crippen LogP) is 4.13. The van der Waals surface area contributed by atoms with Crippen molar-refractivity contribution in [2.45, 2.75) is 25.9 Å². The summed E-state index contributed by atoms with van der Waals surface area (Å²) in [6.07, 6.45) is 3.58. The highest BCUT2D eigenvalue weighted by molar-refractivity contribution is 6.31. The van der Waals surface area contributed by atoms with Gasteiger partial charge in [0.15, 0.2) is 0 Å². The van der Waals surface area contributed by atoms with Crippen molar-refractivity contribution in [1.29, 1.82) is 0 Å². The summed E-state index contributed by atoms with van der Waals surface area (Å²) in [6, 6.07) is 14.8. The van der Waals surface area contributed by atoms with Crippen molar-refractivity contribution in [3.05, 3.63) is 64.7 Å². The highest BCUT2D eigenvalue weighted by atomic mass is 35.5. The molecular weight excluding hydrogens is 348 g/mol. The SMILES string of the molecule is O=C(NCCCN1CCCC1)c1cccc(OCc2ccccc2Cl)c1. The first-order valence-electron chi connectivity index (χ1n) is 9.19. The molecule has 4 nitrogen and oxygen atoms in total. The Balaban J connectivity index is 1.46. The number of carbonyl (C=O) groups is 1. The lowest BCUT2D eigenvalue weighted by molar-refractivity contribution is 0.0951. The van der Waals surface area contributed by atoms with Crippen LogP contribution in [-0.4, -0.2) is 37.0 Å². The van der Waals surface area contributed by atoms with E-state index in [1.54, 1.807) is 12.1 Å². The van der Waals surface area contributed by atoms with Crippen LogP contribution in [0.3, 0.4) is 0 Å². The molecule has 138 valence electrons. The van der Waals surface area contributed by atoms with Crippen LogP contribution >= 0.6 is 11.6 Å². The molecule has 1 saturated heterocycles. The molecule has 0 saturated carbocycles. The van der Waals surface area contributed by atoms with Crippen molar-refractivity contribution in [2.75, 3.05) is 26.2 Å². The van der Waals surface area contributed by atoms with Crippen LogP contribution < -0.4 is 10.1 Å². The molecule has 0 aliphatic carbocycles. The lowest BCUT2D eigenvalue weighted by Crippen LogP contribution is -2.28. The van der Waals surface area contributed by atoms with E-state index in [9.17, 15) is 4.79 Å². The summed E-state index contributed by atoms with van der Waals surface area (Å²) in [4.78, 5) is 14.8. The summed E-state index contributed by atoms with van der Waals surface area (Å²) in [7, 11) is 0. The Bertz CT molecular complexity index is 729. The van der Waals surface area contributed by atoms with Gasteiger partial charge in [-0.3, -0.25) is 4.79 Å². The van der Waals surface area contributed by atoms with E-state index in [1.165, 1.54) is 25.9 Å². The smallest absolute Gasteiger partial charge is 0.251 e. The van der Waals surface area contributed by atoms with Gasteiger partial charge in [0.25, 0.3) is 5.91 Å². The van der Waals surface area contributed by atoms with Gasteiger partial charge in [0.1, 0.15) is 12.4 Å². The average molecular weight is 373 g/mol. The highest BCUT2D eigenvalue weighted by Gasteiger charge is 2.11. The van der Waals surface area contributed by atoms with Gasteiger partial charge in [-0.2, -0.15) is 0 Å². The molecule has 1 N–H and O–H groups in total. The molecule has 0 unspecified atom stereocenters. The van der Waals surface area contributed by atoms with Crippen LogP contribution in [0.4, 0.5) is 0 Å². The summed E-state index contributed by atoms with van der Waals surface area (Å²) in [5.41, 5.74) is 1.54. The minimum absolute atomic E-state index is 0.0605. The fourth-order valence-electron chi connectivity index (χ4n) is 3.12. The van der Waals surface area contributed by atoms with Crippen LogP contribution in [0, 0.1) is 0 Å². The summed E-state index contributed by atoms with van der Waals surface area (Å²) < 4.78 is 5.79. The molecule has 0 radical (unpaired) electrons. The molecule has 0 spiro atoms. The molecule has 2 aromatic rings. The molecule has 1 aliphatic rings. The Labute approximate surface area is 160 Å². The van der Waals surface area contributed by atoms with Crippen molar-refractivity contribution in [3.63, 3.8) is 0 Å². The molecule has 0 bridgehead atoms. The maximum atomic E-state index is 12.3.